The summed E-state index contributed by atoms with van der Waals surface area (Å²) in [4.78, 5) is 9.09. The molecule has 2 aromatic rings. The predicted molar refractivity (Wildman–Crippen MR) is 38.7 cm³/mol. The minimum Gasteiger partial charge on any atom is -0.389 e. The van der Waals surface area contributed by atoms with E-state index in [2.05, 4.69) is 31.6 Å². The van der Waals surface area contributed by atoms with E-state index in [9.17, 15) is 0 Å². The van der Waals surface area contributed by atoms with Gasteiger partial charge in [-0.3, -0.25) is 4.98 Å². The summed E-state index contributed by atoms with van der Waals surface area (Å²) < 4.78 is 0. The molecule has 0 saturated carbocycles. The summed E-state index contributed by atoms with van der Waals surface area (Å²) in [5.41, 5.74) is 0.505. The molecular weight excluding hydrogens is 348 g/mol. The Morgan fingerprint density at radius 3 is 2.77 bits per heavy atom. The van der Waals surface area contributed by atoms with Crippen LogP contribution in [0.25, 0.3) is 11.5 Å². The Bertz CT molecular complexity index is 372. The Hall–Kier alpha value is -1.20. The zero-order valence-electron chi connectivity index (χ0n) is 6.67. The molecule has 0 N–H and O–H groups in total. The average Bonchev–Trinajstić information content (AvgIpc) is 2.54. The molecule has 0 bridgehead atoms. The summed E-state index contributed by atoms with van der Waals surface area (Å²) in [7, 11) is 1.69. The smallest absolute Gasteiger partial charge is 0.123 e. The first kappa shape index (κ1) is 9.88. The fourth-order valence-corrected chi connectivity index (χ4v) is 0.755. The van der Waals surface area contributed by atoms with Gasteiger partial charge in [0.2, 0.25) is 0 Å². The van der Waals surface area contributed by atoms with Gasteiger partial charge in [0.05, 0.1) is 7.05 Å². The SMILES string of the molecule is Cn1nnc(-c2[c-]nccn2)n1.[Ir]. The van der Waals surface area contributed by atoms with E-state index in [4.69, 9.17) is 0 Å². The third-order valence-electron chi connectivity index (χ3n) is 1.24. The van der Waals surface area contributed by atoms with E-state index in [-0.39, 0.29) is 20.1 Å². The first-order valence-electron chi connectivity index (χ1n) is 3.29. The maximum absolute atomic E-state index is 3.97. The van der Waals surface area contributed by atoms with Crippen LogP contribution in [0, 0.1) is 6.20 Å². The molecule has 0 unspecified atom stereocenters. The molecule has 0 aliphatic heterocycles. The summed E-state index contributed by atoms with van der Waals surface area (Å²) in [6.07, 6.45) is 5.76. The van der Waals surface area contributed by atoms with Gasteiger partial charge >= 0.3 is 0 Å². The molecule has 6 nitrogen and oxygen atoms in total. The maximum atomic E-state index is 3.97. The molecule has 2 heterocycles. The molecule has 2 aromatic heterocycles. The van der Waals surface area contributed by atoms with Crippen LogP contribution in [0.15, 0.2) is 12.4 Å². The summed E-state index contributed by atoms with van der Waals surface area (Å²) >= 11 is 0. The Morgan fingerprint density at radius 2 is 2.23 bits per heavy atom. The predicted octanol–water partition coefficient (Wildman–Crippen LogP) is -0.535. The number of tetrazole rings is 1. The second-order valence-electron chi connectivity index (χ2n) is 2.12. The molecule has 0 spiro atoms. The summed E-state index contributed by atoms with van der Waals surface area (Å²) in [6, 6.07) is 0. The van der Waals surface area contributed by atoms with E-state index >= 15 is 0 Å². The Balaban J connectivity index is 0.000000845. The van der Waals surface area contributed by atoms with E-state index in [1.54, 1.807) is 19.4 Å². The zero-order valence-corrected chi connectivity index (χ0v) is 9.07. The number of aromatic nitrogens is 6. The first-order valence-corrected chi connectivity index (χ1v) is 3.29. The van der Waals surface area contributed by atoms with Crippen LogP contribution in [-0.2, 0) is 27.2 Å². The molecule has 0 atom stereocenters. The zero-order chi connectivity index (χ0) is 8.39. The molecule has 1 radical (unpaired) electrons. The van der Waals surface area contributed by atoms with E-state index < -0.39 is 0 Å². The maximum Gasteiger partial charge on any atom is 0.123 e. The van der Waals surface area contributed by atoms with Gasteiger partial charge in [-0.25, -0.2) is 0 Å². The molecule has 0 amide bonds. The van der Waals surface area contributed by atoms with Crippen molar-refractivity contribution in [2.24, 2.45) is 7.05 Å². The van der Waals surface area contributed by atoms with Gasteiger partial charge in [0, 0.05) is 25.8 Å². The van der Waals surface area contributed by atoms with E-state index in [1.165, 1.54) is 4.80 Å². The van der Waals surface area contributed by atoms with Crippen molar-refractivity contribution in [1.29, 1.82) is 0 Å². The second kappa shape index (κ2) is 4.15. The molecule has 0 aliphatic carbocycles. The number of nitrogens with zero attached hydrogens (tertiary/aromatic N) is 6. The largest absolute Gasteiger partial charge is 0.389 e. The van der Waals surface area contributed by atoms with Crippen LogP contribution < -0.4 is 0 Å². The Kier molecular flexibility index (Phi) is 3.16. The van der Waals surface area contributed by atoms with E-state index in [0.717, 1.165) is 0 Å². The topological polar surface area (TPSA) is 69.4 Å². The van der Waals surface area contributed by atoms with Crippen LogP contribution in [0.1, 0.15) is 0 Å². The van der Waals surface area contributed by atoms with Gasteiger partial charge in [-0.1, -0.05) is 17.6 Å². The van der Waals surface area contributed by atoms with Gasteiger partial charge in [0.25, 0.3) is 0 Å². The van der Waals surface area contributed by atoms with Crippen LogP contribution >= 0.6 is 0 Å². The normalized spacial score (nSPS) is 9.31. The van der Waals surface area contributed by atoms with E-state index in [0.29, 0.717) is 11.5 Å². The number of hydrogen-bond acceptors (Lipinski definition) is 5. The molecule has 0 aliphatic rings. The minimum atomic E-state index is 0. The van der Waals surface area contributed by atoms with Crippen LogP contribution in [0.5, 0.6) is 0 Å². The van der Waals surface area contributed by atoms with Gasteiger partial charge in [-0.2, -0.15) is 15.0 Å². The van der Waals surface area contributed by atoms with Gasteiger partial charge < -0.3 is 4.98 Å². The van der Waals surface area contributed by atoms with Crippen molar-refractivity contribution in [2.75, 3.05) is 0 Å². The summed E-state index contributed by atoms with van der Waals surface area (Å²) in [5.74, 6) is 0.436. The fraction of sp³-hybridized carbons (Fsp3) is 0.167. The molecule has 7 heteroatoms. The van der Waals surface area contributed by atoms with Crippen LogP contribution in [0.2, 0.25) is 0 Å². The number of hydrogen-bond donors (Lipinski definition) is 0. The second-order valence-corrected chi connectivity index (χ2v) is 2.12. The van der Waals surface area contributed by atoms with E-state index in [1.807, 2.05) is 0 Å². The van der Waals surface area contributed by atoms with Crippen molar-refractivity contribution in [3.05, 3.63) is 18.6 Å². The van der Waals surface area contributed by atoms with Crippen molar-refractivity contribution >= 4 is 0 Å². The molecular formula is C6H5IrN6-. The Morgan fingerprint density at radius 1 is 1.38 bits per heavy atom. The van der Waals surface area contributed by atoms with Crippen LogP contribution in [0.4, 0.5) is 0 Å². The summed E-state index contributed by atoms with van der Waals surface area (Å²) in [6.45, 7) is 0. The molecule has 0 aromatic carbocycles. The van der Waals surface area contributed by atoms with Crippen LogP contribution in [-0.4, -0.2) is 30.2 Å². The monoisotopic (exact) mass is 354 g/mol. The van der Waals surface area contributed by atoms with Crippen molar-refractivity contribution in [3.63, 3.8) is 0 Å². The van der Waals surface area contributed by atoms with Gasteiger partial charge in [0.15, 0.2) is 0 Å². The van der Waals surface area contributed by atoms with Gasteiger partial charge in [-0.05, 0) is 6.20 Å². The Labute approximate surface area is 87.8 Å². The molecule has 0 fully saturated rings. The standard InChI is InChI=1S/C6H5N6.Ir/c1-12-10-6(9-11-12)5-4-7-2-3-8-5;/h2-3H,1H3;/q-1;. The summed E-state index contributed by atoms with van der Waals surface area (Å²) in [5, 5.41) is 11.4. The average molecular weight is 353 g/mol. The van der Waals surface area contributed by atoms with Crippen molar-refractivity contribution < 1.29 is 20.1 Å². The third-order valence-corrected chi connectivity index (χ3v) is 1.24. The third kappa shape index (κ3) is 2.13. The molecule has 69 valence electrons. The van der Waals surface area contributed by atoms with Gasteiger partial charge in [0.1, 0.15) is 5.82 Å². The van der Waals surface area contributed by atoms with Crippen molar-refractivity contribution in [1.82, 2.24) is 30.2 Å². The quantitative estimate of drug-likeness (QED) is 0.645. The molecule has 2 rings (SSSR count). The van der Waals surface area contributed by atoms with Crippen molar-refractivity contribution in [3.8, 4) is 11.5 Å². The van der Waals surface area contributed by atoms with Crippen LogP contribution in [0.3, 0.4) is 0 Å². The molecule has 0 saturated heterocycles. The van der Waals surface area contributed by atoms with Crippen molar-refractivity contribution in [2.45, 2.75) is 0 Å². The molecule has 13 heavy (non-hydrogen) atoms. The first-order chi connectivity index (χ1) is 5.86. The number of aryl methyl sites for hydroxylation is 1. The minimum absolute atomic E-state index is 0. The van der Waals surface area contributed by atoms with Gasteiger partial charge in [-0.15, -0.1) is 0 Å². The fourth-order valence-electron chi connectivity index (χ4n) is 0.755. The number of rotatable bonds is 1.